The lowest BCUT2D eigenvalue weighted by molar-refractivity contribution is -0.125. The molecule has 1 aliphatic carbocycles. The predicted molar refractivity (Wildman–Crippen MR) is 122 cm³/mol. The van der Waals surface area contributed by atoms with E-state index in [0.29, 0.717) is 18.5 Å². The number of anilines is 3. The summed E-state index contributed by atoms with van der Waals surface area (Å²) in [5.74, 6) is 1.65. The van der Waals surface area contributed by atoms with E-state index in [0.717, 1.165) is 35.0 Å². The van der Waals surface area contributed by atoms with Crippen molar-refractivity contribution >= 4 is 34.7 Å². The lowest BCUT2D eigenvalue weighted by atomic mass is 9.91. The van der Waals surface area contributed by atoms with E-state index in [-0.39, 0.29) is 11.9 Å². The van der Waals surface area contributed by atoms with Gasteiger partial charge in [-0.15, -0.1) is 11.3 Å². The van der Waals surface area contributed by atoms with E-state index in [2.05, 4.69) is 32.1 Å². The molecule has 1 fully saturated rings. The highest BCUT2D eigenvalue weighted by Crippen LogP contribution is 2.40. The van der Waals surface area contributed by atoms with Gasteiger partial charge in [-0.2, -0.15) is 4.98 Å². The van der Waals surface area contributed by atoms with Crippen LogP contribution in [-0.4, -0.2) is 47.5 Å². The molecule has 30 heavy (non-hydrogen) atoms. The average molecular weight is 429 g/mol. The Hall–Kier alpha value is -2.22. The van der Waals surface area contributed by atoms with Crippen LogP contribution in [0.2, 0.25) is 0 Å². The Morgan fingerprint density at radius 3 is 2.60 bits per heavy atom. The van der Waals surface area contributed by atoms with Gasteiger partial charge in [-0.05, 0) is 40.5 Å². The maximum Gasteiger partial charge on any atom is 0.234 e. The van der Waals surface area contributed by atoms with Crippen molar-refractivity contribution < 1.29 is 4.79 Å². The first-order chi connectivity index (χ1) is 14.2. The number of thiazole rings is 1. The number of carbonyl (C=O) groups excluding carboxylic acids is 1. The van der Waals surface area contributed by atoms with Crippen molar-refractivity contribution in [3.8, 4) is 0 Å². The van der Waals surface area contributed by atoms with E-state index < -0.39 is 5.41 Å². The Morgan fingerprint density at radius 2 is 1.97 bits per heavy atom. The van der Waals surface area contributed by atoms with Crippen LogP contribution in [0.3, 0.4) is 0 Å². The molecule has 0 aromatic carbocycles. The zero-order valence-corrected chi connectivity index (χ0v) is 19.7. The maximum atomic E-state index is 13.1. The van der Waals surface area contributed by atoms with Gasteiger partial charge in [0.25, 0.3) is 0 Å². The van der Waals surface area contributed by atoms with Crippen molar-refractivity contribution in [3.63, 3.8) is 0 Å². The van der Waals surface area contributed by atoms with Gasteiger partial charge in [0.2, 0.25) is 11.9 Å². The van der Waals surface area contributed by atoms with Gasteiger partial charge in [0.05, 0.1) is 28.4 Å². The average Bonchev–Trinajstić information content (AvgIpc) is 3.40. The summed E-state index contributed by atoms with van der Waals surface area (Å²) in [4.78, 5) is 33.6. The number of aromatic nitrogens is 3. The molecule has 1 atom stereocenters. The molecule has 162 valence electrons. The molecule has 1 aliphatic heterocycles. The standard InChI is InChI=1S/C22H32N6OS/c1-14(17-12-30-15(2)24-17)26(5)21-23-11-18-19(25-21)28(16-9-7-8-10-16)13-22(3,4)20(29)27(18)6/h11-12,14,16H,7-10,13H2,1-6H3/t14-/m1/s1. The number of fused-ring (bicyclic) bond motifs is 1. The molecule has 4 rings (SSSR count). The second kappa shape index (κ2) is 7.80. The summed E-state index contributed by atoms with van der Waals surface area (Å²) in [6.07, 6.45) is 6.58. The normalized spacial score (nSPS) is 20.3. The third kappa shape index (κ3) is 3.66. The van der Waals surface area contributed by atoms with Gasteiger partial charge in [-0.3, -0.25) is 4.79 Å². The summed E-state index contributed by atoms with van der Waals surface area (Å²) in [6, 6.07) is 0.489. The van der Waals surface area contributed by atoms with Crippen molar-refractivity contribution in [3.05, 3.63) is 22.3 Å². The first-order valence-electron chi connectivity index (χ1n) is 10.8. The number of nitrogens with zero attached hydrogens (tertiary/aromatic N) is 6. The summed E-state index contributed by atoms with van der Waals surface area (Å²) >= 11 is 1.66. The number of amides is 1. The highest BCUT2D eigenvalue weighted by Gasteiger charge is 2.41. The summed E-state index contributed by atoms with van der Waals surface area (Å²) in [6.45, 7) is 8.89. The molecule has 0 saturated heterocycles. The minimum atomic E-state index is -0.477. The monoisotopic (exact) mass is 428 g/mol. The van der Waals surface area contributed by atoms with Gasteiger partial charge in [-0.25, -0.2) is 9.97 Å². The summed E-state index contributed by atoms with van der Waals surface area (Å²) < 4.78 is 0. The largest absolute Gasteiger partial charge is 0.351 e. The molecule has 0 unspecified atom stereocenters. The quantitative estimate of drug-likeness (QED) is 0.727. The zero-order chi connectivity index (χ0) is 21.6. The van der Waals surface area contributed by atoms with Crippen LogP contribution in [0.15, 0.2) is 11.6 Å². The lowest BCUT2D eigenvalue weighted by Crippen LogP contribution is -2.45. The fraction of sp³-hybridized carbons (Fsp3) is 0.636. The molecule has 2 aliphatic rings. The summed E-state index contributed by atoms with van der Waals surface area (Å²) in [7, 11) is 3.85. The minimum absolute atomic E-state index is 0.0644. The van der Waals surface area contributed by atoms with Crippen LogP contribution in [0.5, 0.6) is 0 Å². The number of aryl methyl sites for hydroxylation is 1. The molecule has 0 spiro atoms. The number of rotatable bonds is 4. The van der Waals surface area contributed by atoms with Gasteiger partial charge in [0.1, 0.15) is 5.69 Å². The second-order valence-electron chi connectivity index (χ2n) is 9.27. The second-order valence-corrected chi connectivity index (χ2v) is 10.3. The summed E-state index contributed by atoms with van der Waals surface area (Å²) in [5.41, 5.74) is 1.35. The Labute approximate surface area is 183 Å². The van der Waals surface area contributed by atoms with Gasteiger partial charge >= 0.3 is 0 Å². The number of carbonyl (C=O) groups is 1. The molecule has 0 bridgehead atoms. The van der Waals surface area contributed by atoms with Crippen molar-refractivity contribution in [2.75, 3.05) is 35.3 Å². The SMILES string of the molecule is Cc1nc([C@@H](C)N(C)c2ncc3c(n2)N(C2CCCC2)CC(C)(C)C(=O)N3C)cs1. The van der Waals surface area contributed by atoms with E-state index in [4.69, 9.17) is 4.98 Å². The Morgan fingerprint density at radius 1 is 1.27 bits per heavy atom. The smallest absolute Gasteiger partial charge is 0.234 e. The topological polar surface area (TPSA) is 65.5 Å². The Bertz CT molecular complexity index is 935. The number of hydrogen-bond donors (Lipinski definition) is 0. The van der Waals surface area contributed by atoms with Crippen molar-refractivity contribution in [2.45, 2.75) is 65.5 Å². The van der Waals surface area contributed by atoms with Crippen LogP contribution in [0.4, 0.5) is 17.5 Å². The van der Waals surface area contributed by atoms with Crippen molar-refractivity contribution in [1.82, 2.24) is 15.0 Å². The van der Waals surface area contributed by atoms with Crippen molar-refractivity contribution in [1.29, 1.82) is 0 Å². The van der Waals surface area contributed by atoms with Crippen LogP contribution in [0, 0.1) is 12.3 Å². The van der Waals surface area contributed by atoms with E-state index in [1.54, 1.807) is 16.2 Å². The third-order valence-electron chi connectivity index (χ3n) is 6.55. The van der Waals surface area contributed by atoms with E-state index in [9.17, 15) is 4.79 Å². The Kier molecular flexibility index (Phi) is 5.46. The zero-order valence-electron chi connectivity index (χ0n) is 18.8. The lowest BCUT2D eigenvalue weighted by Gasteiger charge is -2.34. The molecule has 1 amide bonds. The predicted octanol–water partition coefficient (Wildman–Crippen LogP) is 4.19. The van der Waals surface area contributed by atoms with Crippen LogP contribution in [0.1, 0.15) is 63.2 Å². The molecular weight excluding hydrogens is 396 g/mol. The molecule has 3 heterocycles. The van der Waals surface area contributed by atoms with Crippen LogP contribution in [-0.2, 0) is 4.79 Å². The van der Waals surface area contributed by atoms with E-state index in [1.807, 2.05) is 41.1 Å². The van der Waals surface area contributed by atoms with E-state index in [1.165, 1.54) is 12.8 Å². The Balaban J connectivity index is 1.75. The first-order valence-corrected chi connectivity index (χ1v) is 11.6. The fourth-order valence-electron chi connectivity index (χ4n) is 4.57. The molecular formula is C22H32N6OS. The van der Waals surface area contributed by atoms with Crippen molar-refractivity contribution in [2.24, 2.45) is 5.41 Å². The molecule has 2 aromatic rings. The maximum absolute atomic E-state index is 13.1. The highest BCUT2D eigenvalue weighted by molar-refractivity contribution is 7.09. The van der Waals surface area contributed by atoms with Gasteiger partial charge in [-0.1, -0.05) is 12.8 Å². The molecule has 0 N–H and O–H groups in total. The van der Waals surface area contributed by atoms with Gasteiger partial charge in [0, 0.05) is 32.1 Å². The number of hydrogen-bond acceptors (Lipinski definition) is 7. The summed E-state index contributed by atoms with van der Waals surface area (Å²) in [5, 5.41) is 3.16. The molecule has 0 radical (unpaired) electrons. The molecule has 2 aromatic heterocycles. The first kappa shape index (κ1) is 21.0. The minimum Gasteiger partial charge on any atom is -0.351 e. The van der Waals surface area contributed by atoms with E-state index >= 15 is 0 Å². The van der Waals surface area contributed by atoms with Crippen LogP contribution in [0.25, 0.3) is 0 Å². The van der Waals surface area contributed by atoms with Crippen LogP contribution >= 0.6 is 11.3 Å². The third-order valence-corrected chi connectivity index (χ3v) is 7.34. The van der Waals surface area contributed by atoms with Gasteiger partial charge in [0.15, 0.2) is 5.82 Å². The van der Waals surface area contributed by atoms with Crippen LogP contribution < -0.4 is 14.7 Å². The fourth-order valence-corrected chi connectivity index (χ4v) is 5.27. The molecule has 7 nitrogen and oxygen atoms in total. The molecule has 8 heteroatoms. The highest BCUT2D eigenvalue weighted by atomic mass is 32.1. The molecule has 1 saturated carbocycles. The van der Waals surface area contributed by atoms with Gasteiger partial charge < -0.3 is 14.7 Å².